The second-order valence-corrected chi connectivity index (χ2v) is 7.03. The molecule has 0 spiro atoms. The first-order valence-electron chi connectivity index (χ1n) is 10.1. The molecular weight excluding hydrogens is 404 g/mol. The molecule has 0 aliphatic carbocycles. The Morgan fingerprint density at radius 2 is 1.53 bits per heavy atom. The highest BCUT2D eigenvalue weighted by Crippen LogP contribution is 2.23. The number of carbonyl (C=O) groups excluding carboxylic acids is 2. The summed E-state index contributed by atoms with van der Waals surface area (Å²) in [6.45, 7) is 0. The first-order chi connectivity index (χ1) is 15.7. The van der Waals surface area contributed by atoms with Gasteiger partial charge in [-0.1, -0.05) is 66.7 Å². The lowest BCUT2D eigenvalue weighted by Crippen LogP contribution is -2.42. The standard InChI is InChI=1S/C25H22N4O3/c1-32-22-15-9-8-12-19(22)16-23(30)26-27-25(31)21-17-29(20-13-6-3-7-14-20)28-24(21)18-10-4-2-5-11-18/h2-15,17H,16H2,1H3,(H,26,30)(H,27,31). The Balaban J connectivity index is 1.53. The first-order valence-corrected chi connectivity index (χ1v) is 10.1. The second-order valence-electron chi connectivity index (χ2n) is 7.03. The topological polar surface area (TPSA) is 85.3 Å². The summed E-state index contributed by atoms with van der Waals surface area (Å²) in [5.74, 6) is -0.205. The van der Waals surface area contributed by atoms with Crippen LogP contribution in [0, 0.1) is 0 Å². The van der Waals surface area contributed by atoms with Gasteiger partial charge in [0.1, 0.15) is 11.4 Å². The first kappa shape index (κ1) is 20.9. The van der Waals surface area contributed by atoms with Gasteiger partial charge in [0.05, 0.1) is 24.8 Å². The average Bonchev–Trinajstić information content (AvgIpc) is 3.30. The fourth-order valence-corrected chi connectivity index (χ4v) is 3.32. The third kappa shape index (κ3) is 4.67. The Bertz CT molecular complexity index is 1220. The number of hydrogen-bond donors (Lipinski definition) is 2. The monoisotopic (exact) mass is 426 g/mol. The van der Waals surface area contributed by atoms with E-state index in [-0.39, 0.29) is 12.3 Å². The summed E-state index contributed by atoms with van der Waals surface area (Å²) in [4.78, 5) is 25.4. The van der Waals surface area contributed by atoms with E-state index in [1.54, 1.807) is 30.1 Å². The summed E-state index contributed by atoms with van der Waals surface area (Å²) < 4.78 is 6.92. The Morgan fingerprint density at radius 3 is 2.25 bits per heavy atom. The van der Waals surface area contributed by atoms with Crippen LogP contribution in [0.3, 0.4) is 0 Å². The van der Waals surface area contributed by atoms with Gasteiger partial charge in [0, 0.05) is 17.3 Å². The third-order valence-electron chi connectivity index (χ3n) is 4.89. The minimum atomic E-state index is -0.459. The van der Waals surface area contributed by atoms with E-state index in [9.17, 15) is 9.59 Å². The van der Waals surface area contributed by atoms with Gasteiger partial charge in [0.15, 0.2) is 0 Å². The van der Waals surface area contributed by atoms with Gasteiger partial charge < -0.3 is 4.74 Å². The number of rotatable bonds is 6. The lowest BCUT2D eigenvalue weighted by molar-refractivity contribution is -0.121. The van der Waals surface area contributed by atoms with Crippen LogP contribution in [-0.4, -0.2) is 28.7 Å². The lowest BCUT2D eigenvalue weighted by atomic mass is 10.1. The maximum Gasteiger partial charge on any atom is 0.273 e. The van der Waals surface area contributed by atoms with Gasteiger partial charge in [0.2, 0.25) is 5.91 Å². The number of carbonyl (C=O) groups is 2. The zero-order valence-corrected chi connectivity index (χ0v) is 17.5. The molecule has 0 aliphatic heterocycles. The molecule has 3 aromatic carbocycles. The number of amides is 2. The minimum Gasteiger partial charge on any atom is -0.496 e. The number of methoxy groups -OCH3 is 1. The number of ether oxygens (including phenoxy) is 1. The van der Waals surface area contributed by atoms with Crippen LogP contribution in [0.15, 0.2) is 91.1 Å². The van der Waals surface area contributed by atoms with E-state index in [1.807, 2.05) is 72.8 Å². The molecule has 32 heavy (non-hydrogen) atoms. The Morgan fingerprint density at radius 1 is 0.875 bits per heavy atom. The fourth-order valence-electron chi connectivity index (χ4n) is 3.32. The molecule has 0 fully saturated rings. The van der Waals surface area contributed by atoms with Crippen molar-refractivity contribution >= 4 is 11.8 Å². The van der Waals surface area contributed by atoms with Gasteiger partial charge >= 0.3 is 0 Å². The highest BCUT2D eigenvalue weighted by molar-refractivity contribution is 6.00. The predicted octanol–water partition coefficient (Wildman–Crippen LogP) is 3.55. The van der Waals surface area contributed by atoms with Crippen LogP contribution in [0.2, 0.25) is 0 Å². The van der Waals surface area contributed by atoms with Crippen molar-refractivity contribution in [2.75, 3.05) is 7.11 Å². The van der Waals surface area contributed by atoms with Crippen LogP contribution in [0.4, 0.5) is 0 Å². The molecule has 0 bridgehead atoms. The molecule has 2 N–H and O–H groups in total. The summed E-state index contributed by atoms with van der Waals surface area (Å²) in [6, 6.07) is 26.2. The summed E-state index contributed by atoms with van der Waals surface area (Å²) in [7, 11) is 1.55. The molecule has 0 radical (unpaired) electrons. The lowest BCUT2D eigenvalue weighted by Gasteiger charge is -2.10. The summed E-state index contributed by atoms with van der Waals surface area (Å²) >= 11 is 0. The Kier molecular flexibility index (Phi) is 6.27. The highest BCUT2D eigenvalue weighted by Gasteiger charge is 2.19. The molecule has 0 unspecified atom stereocenters. The Hall–Kier alpha value is -4.39. The van der Waals surface area contributed by atoms with Crippen LogP contribution in [0.5, 0.6) is 5.75 Å². The van der Waals surface area contributed by atoms with Gasteiger partial charge in [-0.15, -0.1) is 0 Å². The van der Waals surface area contributed by atoms with Crippen molar-refractivity contribution in [3.63, 3.8) is 0 Å². The van der Waals surface area contributed by atoms with E-state index in [2.05, 4.69) is 16.0 Å². The molecule has 0 atom stereocenters. The van der Waals surface area contributed by atoms with E-state index in [0.29, 0.717) is 17.0 Å². The second kappa shape index (κ2) is 9.61. The minimum absolute atomic E-state index is 0.0686. The molecule has 4 aromatic rings. The van der Waals surface area contributed by atoms with Crippen molar-refractivity contribution in [3.8, 4) is 22.7 Å². The zero-order valence-electron chi connectivity index (χ0n) is 17.5. The largest absolute Gasteiger partial charge is 0.496 e. The predicted molar refractivity (Wildman–Crippen MR) is 121 cm³/mol. The molecule has 4 rings (SSSR count). The van der Waals surface area contributed by atoms with Gasteiger partial charge in [-0.25, -0.2) is 4.68 Å². The van der Waals surface area contributed by atoms with Gasteiger partial charge in [-0.05, 0) is 18.2 Å². The van der Waals surface area contributed by atoms with Crippen molar-refractivity contribution in [2.45, 2.75) is 6.42 Å². The Labute approximate surface area is 185 Å². The van der Waals surface area contributed by atoms with Crippen LogP contribution in [0.1, 0.15) is 15.9 Å². The summed E-state index contributed by atoms with van der Waals surface area (Å²) in [5.41, 5.74) is 8.19. The van der Waals surface area contributed by atoms with Crippen molar-refractivity contribution in [3.05, 3.63) is 102 Å². The summed E-state index contributed by atoms with van der Waals surface area (Å²) in [5, 5.41) is 4.62. The molecule has 7 nitrogen and oxygen atoms in total. The van der Waals surface area contributed by atoms with Crippen molar-refractivity contribution in [2.24, 2.45) is 0 Å². The summed E-state index contributed by atoms with van der Waals surface area (Å²) in [6.07, 6.45) is 1.72. The van der Waals surface area contributed by atoms with Crippen molar-refractivity contribution < 1.29 is 14.3 Å². The van der Waals surface area contributed by atoms with E-state index in [4.69, 9.17) is 4.74 Å². The molecule has 160 valence electrons. The van der Waals surface area contributed by atoms with Crippen LogP contribution in [0.25, 0.3) is 16.9 Å². The van der Waals surface area contributed by atoms with E-state index in [0.717, 1.165) is 16.8 Å². The number of benzene rings is 3. The average molecular weight is 426 g/mol. The zero-order chi connectivity index (χ0) is 22.3. The van der Waals surface area contributed by atoms with Crippen molar-refractivity contribution in [1.82, 2.24) is 20.6 Å². The van der Waals surface area contributed by atoms with Crippen LogP contribution >= 0.6 is 0 Å². The number of aromatic nitrogens is 2. The van der Waals surface area contributed by atoms with E-state index < -0.39 is 5.91 Å². The normalized spacial score (nSPS) is 10.4. The highest BCUT2D eigenvalue weighted by atomic mass is 16.5. The SMILES string of the molecule is COc1ccccc1CC(=O)NNC(=O)c1cn(-c2ccccc2)nc1-c1ccccc1. The molecule has 1 aromatic heterocycles. The molecule has 0 saturated carbocycles. The maximum absolute atomic E-state index is 13.0. The number of para-hydroxylation sites is 2. The van der Waals surface area contributed by atoms with Gasteiger partial charge in [-0.2, -0.15) is 5.10 Å². The molecule has 7 heteroatoms. The van der Waals surface area contributed by atoms with Crippen LogP contribution < -0.4 is 15.6 Å². The molecule has 0 saturated heterocycles. The molecule has 2 amide bonds. The smallest absolute Gasteiger partial charge is 0.273 e. The maximum atomic E-state index is 13.0. The molecule has 1 heterocycles. The molecule has 0 aliphatic rings. The van der Waals surface area contributed by atoms with Crippen LogP contribution in [-0.2, 0) is 11.2 Å². The van der Waals surface area contributed by atoms with E-state index in [1.165, 1.54) is 0 Å². The number of nitrogens with zero attached hydrogens (tertiary/aromatic N) is 2. The third-order valence-corrected chi connectivity index (χ3v) is 4.89. The fraction of sp³-hybridized carbons (Fsp3) is 0.0800. The quantitative estimate of drug-likeness (QED) is 0.462. The van der Waals surface area contributed by atoms with E-state index >= 15 is 0 Å². The van der Waals surface area contributed by atoms with Gasteiger partial charge in [-0.3, -0.25) is 20.4 Å². The molecular formula is C25H22N4O3. The number of nitrogens with one attached hydrogen (secondary N) is 2. The number of hydrogen-bond acceptors (Lipinski definition) is 4. The van der Waals surface area contributed by atoms with Gasteiger partial charge in [0.25, 0.3) is 5.91 Å². The van der Waals surface area contributed by atoms with Crippen molar-refractivity contribution in [1.29, 1.82) is 0 Å². The number of hydrazine groups is 1.